The smallest absolute Gasteiger partial charge is 0.461 e. The van der Waals surface area contributed by atoms with Crippen molar-refractivity contribution in [3.8, 4) is 5.75 Å². The molecule has 0 spiro atoms. The number of halogens is 5. The number of carboxylic acid groups (broad SMARTS) is 1. The number of carbonyl (C=O) groups is 1. The molecule has 27 heavy (non-hydrogen) atoms. The Morgan fingerprint density at radius 3 is 2.33 bits per heavy atom. The summed E-state index contributed by atoms with van der Waals surface area (Å²) in [5, 5.41) is 19.8. The van der Waals surface area contributed by atoms with E-state index in [-0.39, 0.29) is 12.0 Å². The number of aliphatic hydroxyl groups excluding tert-OH is 1. The van der Waals surface area contributed by atoms with Gasteiger partial charge in [0.05, 0.1) is 12.0 Å². The molecule has 0 radical (unpaired) electrons. The number of aliphatic carboxylic acids is 1. The van der Waals surface area contributed by atoms with E-state index >= 15 is 0 Å². The van der Waals surface area contributed by atoms with Gasteiger partial charge in [0, 0.05) is 4.47 Å². The summed E-state index contributed by atoms with van der Waals surface area (Å²) >= 11 is 3.23. The highest BCUT2D eigenvalue weighted by atomic mass is 79.9. The van der Waals surface area contributed by atoms with E-state index in [1.807, 2.05) is 0 Å². The van der Waals surface area contributed by atoms with Gasteiger partial charge in [-0.1, -0.05) is 40.2 Å². The fraction of sp³-hybridized carbons (Fsp3) is 0.278. The first-order chi connectivity index (χ1) is 12.6. The molecule has 146 valence electrons. The first-order valence-electron chi connectivity index (χ1n) is 7.70. The van der Waals surface area contributed by atoms with Crippen molar-refractivity contribution >= 4 is 21.9 Å². The quantitative estimate of drug-likeness (QED) is 0.573. The van der Waals surface area contributed by atoms with Crippen LogP contribution in [0.25, 0.3) is 0 Å². The molecule has 0 aliphatic carbocycles. The zero-order chi connectivity index (χ0) is 20.2. The van der Waals surface area contributed by atoms with Gasteiger partial charge in [-0.3, -0.25) is 4.79 Å². The van der Waals surface area contributed by atoms with Crippen LogP contribution >= 0.6 is 15.9 Å². The molecule has 2 aromatic carbocycles. The van der Waals surface area contributed by atoms with E-state index in [4.69, 9.17) is 0 Å². The minimum Gasteiger partial charge on any atom is -0.481 e. The highest BCUT2D eigenvalue weighted by Crippen LogP contribution is 2.30. The van der Waals surface area contributed by atoms with Gasteiger partial charge in [-0.15, -0.1) is 0 Å². The highest BCUT2D eigenvalue weighted by Gasteiger charge is 2.44. The number of benzene rings is 2. The average molecular weight is 451 g/mol. The molecule has 9 heteroatoms. The lowest BCUT2D eigenvalue weighted by molar-refractivity contribution is -0.253. The van der Waals surface area contributed by atoms with Crippen LogP contribution in [0, 0.1) is 5.92 Å². The molecule has 0 fully saturated rings. The molecule has 2 atom stereocenters. The van der Waals surface area contributed by atoms with Gasteiger partial charge in [0.1, 0.15) is 5.75 Å². The number of carboxylic acids is 1. The second-order valence-electron chi connectivity index (χ2n) is 5.76. The third-order valence-corrected chi connectivity index (χ3v) is 4.30. The molecule has 2 aromatic rings. The van der Waals surface area contributed by atoms with Crippen LogP contribution in [0.1, 0.15) is 17.2 Å². The van der Waals surface area contributed by atoms with Crippen molar-refractivity contribution in [3.05, 3.63) is 64.1 Å². The van der Waals surface area contributed by atoms with Crippen LogP contribution in [-0.4, -0.2) is 28.7 Å². The summed E-state index contributed by atoms with van der Waals surface area (Å²) in [6.45, 7) is 0. The zero-order valence-corrected chi connectivity index (χ0v) is 15.2. The third kappa shape index (κ3) is 5.67. The number of hydrogen-bond donors (Lipinski definition) is 2. The molecule has 2 rings (SSSR count). The summed E-state index contributed by atoms with van der Waals surface area (Å²) in [5.41, 5.74) is 0.600. The van der Waals surface area contributed by atoms with Crippen molar-refractivity contribution in [1.82, 2.24) is 0 Å². The number of aliphatic hydroxyl groups is 1. The molecule has 0 aromatic heterocycles. The maximum Gasteiger partial charge on any atom is 0.461 e. The number of hydrogen-bond acceptors (Lipinski definition) is 3. The fourth-order valence-corrected chi connectivity index (χ4v) is 2.68. The molecule has 0 aliphatic rings. The maximum atomic E-state index is 13.0. The largest absolute Gasteiger partial charge is 0.481 e. The standard InChI is InChI=1S/C18H15BrF4O4/c19-12-6-4-11(5-7-12)15(24)14(16(25)26)9-10-2-1-3-13(8-10)27-18(22,23)17(20)21/h1-8,14-15,17,24H,9H2,(H,25,26). The highest BCUT2D eigenvalue weighted by molar-refractivity contribution is 9.10. The van der Waals surface area contributed by atoms with Crippen LogP contribution in [-0.2, 0) is 11.2 Å². The van der Waals surface area contributed by atoms with Gasteiger partial charge in [0.25, 0.3) is 0 Å². The topological polar surface area (TPSA) is 66.8 Å². The van der Waals surface area contributed by atoms with Crippen molar-refractivity contribution in [2.45, 2.75) is 25.1 Å². The third-order valence-electron chi connectivity index (χ3n) is 3.77. The molecule has 0 amide bonds. The Kier molecular flexibility index (Phi) is 6.83. The summed E-state index contributed by atoms with van der Waals surface area (Å²) < 4.78 is 55.3. The molecular weight excluding hydrogens is 436 g/mol. The van der Waals surface area contributed by atoms with Crippen molar-refractivity contribution in [1.29, 1.82) is 0 Å². The molecule has 0 saturated carbocycles. The summed E-state index contributed by atoms with van der Waals surface area (Å²) in [5.74, 6) is -3.10. The zero-order valence-electron chi connectivity index (χ0n) is 13.7. The predicted octanol–water partition coefficient (Wildman–Crippen LogP) is 4.66. The number of ether oxygens (including phenoxy) is 1. The van der Waals surface area contributed by atoms with Crippen molar-refractivity contribution in [3.63, 3.8) is 0 Å². The van der Waals surface area contributed by atoms with Crippen LogP contribution in [0.3, 0.4) is 0 Å². The molecule has 4 nitrogen and oxygen atoms in total. The lowest BCUT2D eigenvalue weighted by atomic mass is 9.90. The minimum absolute atomic E-state index is 0.218. The molecular formula is C18H15BrF4O4. The first-order valence-corrected chi connectivity index (χ1v) is 8.49. The molecule has 0 bridgehead atoms. The molecule has 2 unspecified atom stereocenters. The van der Waals surface area contributed by atoms with Crippen molar-refractivity contribution in [2.24, 2.45) is 5.92 Å². The monoisotopic (exact) mass is 450 g/mol. The summed E-state index contributed by atoms with van der Waals surface area (Å²) in [4.78, 5) is 11.6. The number of rotatable bonds is 8. The lowest BCUT2D eigenvalue weighted by Crippen LogP contribution is -2.33. The van der Waals surface area contributed by atoms with Gasteiger partial charge in [-0.2, -0.15) is 17.6 Å². The molecule has 0 heterocycles. The van der Waals surface area contributed by atoms with Gasteiger partial charge in [-0.05, 0) is 41.8 Å². The van der Waals surface area contributed by atoms with E-state index in [2.05, 4.69) is 20.7 Å². The van der Waals surface area contributed by atoms with E-state index in [0.717, 1.165) is 16.6 Å². The van der Waals surface area contributed by atoms with E-state index in [9.17, 15) is 32.6 Å². The Morgan fingerprint density at radius 2 is 1.78 bits per heavy atom. The summed E-state index contributed by atoms with van der Waals surface area (Å²) in [7, 11) is 0. The Labute approximate surface area is 160 Å². The lowest BCUT2D eigenvalue weighted by Gasteiger charge is -2.21. The Hall–Kier alpha value is -2.13. The molecule has 0 aliphatic heterocycles. The van der Waals surface area contributed by atoms with Crippen molar-refractivity contribution < 1.29 is 37.3 Å². The van der Waals surface area contributed by atoms with E-state index in [1.54, 1.807) is 24.3 Å². The maximum absolute atomic E-state index is 13.0. The normalized spacial score (nSPS) is 14.0. The first kappa shape index (κ1) is 21.2. The molecule has 0 saturated heterocycles. The Balaban J connectivity index is 2.20. The second kappa shape index (κ2) is 8.71. The SMILES string of the molecule is O=C(O)C(Cc1cccc(OC(F)(F)C(F)F)c1)C(O)c1ccc(Br)cc1. The average Bonchev–Trinajstić information content (AvgIpc) is 2.59. The van der Waals surface area contributed by atoms with Crippen LogP contribution < -0.4 is 4.74 Å². The van der Waals surface area contributed by atoms with Gasteiger partial charge in [0.2, 0.25) is 0 Å². The van der Waals surface area contributed by atoms with Gasteiger partial charge in [-0.25, -0.2) is 0 Å². The fourth-order valence-electron chi connectivity index (χ4n) is 2.42. The second-order valence-corrected chi connectivity index (χ2v) is 6.67. The van der Waals surface area contributed by atoms with Crippen LogP contribution in [0.4, 0.5) is 17.6 Å². The minimum atomic E-state index is -4.66. The van der Waals surface area contributed by atoms with Gasteiger partial charge in [0.15, 0.2) is 0 Å². The van der Waals surface area contributed by atoms with Crippen LogP contribution in [0.15, 0.2) is 53.0 Å². The Bertz CT molecular complexity index is 783. The number of alkyl halides is 4. The summed E-state index contributed by atoms with van der Waals surface area (Å²) in [6.07, 6.45) is -10.2. The predicted molar refractivity (Wildman–Crippen MR) is 92.0 cm³/mol. The Morgan fingerprint density at radius 1 is 1.15 bits per heavy atom. The van der Waals surface area contributed by atoms with Crippen molar-refractivity contribution in [2.75, 3.05) is 0 Å². The van der Waals surface area contributed by atoms with Crippen LogP contribution in [0.5, 0.6) is 5.75 Å². The summed E-state index contributed by atoms with van der Waals surface area (Å²) in [6, 6.07) is 11.2. The van der Waals surface area contributed by atoms with Gasteiger partial charge >= 0.3 is 18.5 Å². The van der Waals surface area contributed by atoms with E-state index in [1.165, 1.54) is 12.1 Å². The van der Waals surface area contributed by atoms with Gasteiger partial charge < -0.3 is 14.9 Å². The van der Waals surface area contributed by atoms with Crippen LogP contribution in [0.2, 0.25) is 0 Å². The van der Waals surface area contributed by atoms with E-state index in [0.29, 0.717) is 5.56 Å². The molecule has 2 N–H and O–H groups in total. The van der Waals surface area contributed by atoms with E-state index < -0.39 is 36.3 Å².